The largest absolute Gasteiger partial charge is 0.417 e. The van der Waals surface area contributed by atoms with Gasteiger partial charge in [0.1, 0.15) is 11.0 Å². The summed E-state index contributed by atoms with van der Waals surface area (Å²) in [5.74, 6) is -0.480. The number of amides is 2. The van der Waals surface area contributed by atoms with Crippen molar-refractivity contribution in [1.29, 1.82) is 0 Å². The molecule has 2 amide bonds. The molecule has 6 nitrogen and oxygen atoms in total. The summed E-state index contributed by atoms with van der Waals surface area (Å²) in [4.78, 5) is 32.2. The highest BCUT2D eigenvalue weighted by molar-refractivity contribution is 6.29. The van der Waals surface area contributed by atoms with Crippen molar-refractivity contribution in [3.63, 3.8) is 0 Å². The van der Waals surface area contributed by atoms with Crippen LogP contribution in [0, 0.1) is 17.8 Å². The fourth-order valence-corrected chi connectivity index (χ4v) is 5.13. The maximum Gasteiger partial charge on any atom is 0.417 e. The Morgan fingerprint density at radius 3 is 1.52 bits per heavy atom. The molecule has 0 fully saturated rings. The number of hydrogen-bond acceptors (Lipinski definition) is 4. The Morgan fingerprint density at radius 1 is 0.680 bits per heavy atom. The van der Waals surface area contributed by atoms with Gasteiger partial charge >= 0.3 is 6.18 Å². The molecule has 2 aromatic heterocycles. The van der Waals surface area contributed by atoms with Crippen molar-refractivity contribution < 1.29 is 22.8 Å². The smallest absolute Gasteiger partial charge is 0.322 e. The normalized spacial score (nSPS) is 12.5. The zero-order valence-electron chi connectivity index (χ0n) is 29.9. The van der Waals surface area contributed by atoms with Gasteiger partial charge in [0.05, 0.1) is 5.56 Å². The average molecular weight is 705 g/mol. The number of pyridine rings is 2. The van der Waals surface area contributed by atoms with Crippen LogP contribution in [0.15, 0.2) is 91.3 Å². The number of alkyl halides is 3. The van der Waals surface area contributed by atoms with Gasteiger partial charge in [-0.15, -0.1) is 0 Å². The Bertz CT molecular complexity index is 1870. The summed E-state index contributed by atoms with van der Waals surface area (Å²) >= 11 is 5.81. The van der Waals surface area contributed by atoms with E-state index in [0.717, 1.165) is 22.8 Å². The molecule has 2 heterocycles. The summed E-state index contributed by atoms with van der Waals surface area (Å²) in [5, 5.41) is 5.72. The number of carbonyl (C=O) groups excluding carboxylic acids is 2. The molecule has 4 aromatic rings. The first-order valence-electron chi connectivity index (χ1n) is 16.0. The summed E-state index contributed by atoms with van der Waals surface area (Å²) in [7, 11) is 0. The van der Waals surface area contributed by atoms with E-state index in [9.17, 15) is 22.8 Å². The molecule has 264 valence electrons. The van der Waals surface area contributed by atoms with Gasteiger partial charge in [-0.2, -0.15) is 13.2 Å². The van der Waals surface area contributed by atoms with E-state index in [-0.39, 0.29) is 28.1 Å². The zero-order valence-corrected chi connectivity index (χ0v) is 30.6. The molecule has 0 saturated carbocycles. The summed E-state index contributed by atoms with van der Waals surface area (Å²) in [5.41, 5.74) is 5.64. The van der Waals surface area contributed by atoms with Crippen molar-refractivity contribution in [3.05, 3.63) is 130 Å². The van der Waals surface area contributed by atoms with Crippen LogP contribution in [0.2, 0.25) is 5.15 Å². The molecule has 0 spiro atoms. The van der Waals surface area contributed by atoms with Gasteiger partial charge in [0.2, 0.25) is 0 Å². The van der Waals surface area contributed by atoms with Gasteiger partial charge in [-0.1, -0.05) is 89.6 Å². The minimum atomic E-state index is -4.46. The molecule has 0 aliphatic heterocycles. The van der Waals surface area contributed by atoms with E-state index < -0.39 is 17.6 Å². The predicted octanol–water partition coefficient (Wildman–Crippen LogP) is 11.5. The Balaban J connectivity index is 0.000000274. The van der Waals surface area contributed by atoms with Crippen molar-refractivity contribution in [1.82, 2.24) is 9.97 Å². The van der Waals surface area contributed by atoms with Crippen LogP contribution >= 0.6 is 11.6 Å². The van der Waals surface area contributed by atoms with Gasteiger partial charge in [-0.05, 0) is 102 Å². The van der Waals surface area contributed by atoms with Crippen LogP contribution in [0.1, 0.15) is 98.4 Å². The number of aryl methyl sites for hydroxylation is 1. The van der Waals surface area contributed by atoms with E-state index in [0.29, 0.717) is 28.2 Å². The molecule has 0 aliphatic rings. The number of hydrogen-bond donors (Lipinski definition) is 2. The first-order valence-corrected chi connectivity index (χ1v) is 16.4. The molecule has 2 aromatic carbocycles. The van der Waals surface area contributed by atoms with E-state index in [4.69, 9.17) is 11.6 Å². The highest BCUT2D eigenvalue weighted by atomic mass is 35.5. The lowest BCUT2D eigenvalue weighted by Crippen LogP contribution is -2.15. The number of nitrogens with zero attached hydrogens (tertiary/aromatic N) is 2. The summed E-state index contributed by atoms with van der Waals surface area (Å²) in [6, 6.07) is 18.9. The number of aromatic nitrogens is 2. The van der Waals surface area contributed by atoms with Crippen molar-refractivity contribution >= 4 is 46.1 Å². The minimum Gasteiger partial charge on any atom is -0.322 e. The molecule has 0 bridgehead atoms. The summed E-state index contributed by atoms with van der Waals surface area (Å²) in [6.45, 7) is 18.4. The molecule has 4 rings (SSSR count). The molecule has 0 unspecified atom stereocenters. The topological polar surface area (TPSA) is 84.0 Å². The lowest BCUT2D eigenvalue weighted by atomic mass is 9.91. The minimum absolute atomic E-state index is 0.0475. The molecule has 0 aliphatic carbocycles. The number of benzene rings is 2. The molecule has 0 radical (unpaired) electrons. The molecule has 10 heteroatoms. The van der Waals surface area contributed by atoms with Crippen LogP contribution in [0.25, 0.3) is 11.1 Å². The van der Waals surface area contributed by atoms with E-state index >= 15 is 0 Å². The number of allylic oxidation sites excluding steroid dienone is 4. The quantitative estimate of drug-likeness (QED) is 0.196. The Labute approximate surface area is 297 Å². The fraction of sp³-hybridized carbons (Fsp3) is 0.300. The first-order chi connectivity index (χ1) is 23.1. The third kappa shape index (κ3) is 12.6. The number of halogens is 4. The molecule has 2 N–H and O–H groups in total. The van der Waals surface area contributed by atoms with Gasteiger partial charge in [-0.25, -0.2) is 9.97 Å². The van der Waals surface area contributed by atoms with Crippen molar-refractivity contribution in [2.45, 2.75) is 68.5 Å². The number of nitrogens with one attached hydrogen (secondary N) is 2. The third-order valence-electron chi connectivity index (χ3n) is 7.13. The maximum absolute atomic E-state index is 12.7. The second kappa shape index (κ2) is 16.3. The van der Waals surface area contributed by atoms with Crippen LogP contribution in [-0.2, 0) is 6.18 Å². The zero-order chi connectivity index (χ0) is 37.4. The van der Waals surface area contributed by atoms with E-state index in [1.807, 2.05) is 43.3 Å². The van der Waals surface area contributed by atoms with Crippen LogP contribution < -0.4 is 10.6 Å². The van der Waals surface area contributed by atoms with Crippen molar-refractivity contribution in [2.75, 3.05) is 10.6 Å². The lowest BCUT2D eigenvalue weighted by Gasteiger charge is -2.15. The molecular weight excluding hydrogens is 661 g/mol. The first kappa shape index (κ1) is 39.7. The van der Waals surface area contributed by atoms with Gasteiger partial charge in [-0.3, -0.25) is 9.59 Å². The highest BCUT2D eigenvalue weighted by Crippen LogP contribution is 2.31. The lowest BCUT2D eigenvalue weighted by molar-refractivity contribution is -0.137. The Kier molecular flexibility index (Phi) is 12.9. The van der Waals surface area contributed by atoms with Crippen LogP contribution in [0.4, 0.5) is 24.7 Å². The fourth-order valence-electron chi connectivity index (χ4n) is 4.96. The third-order valence-corrected chi connectivity index (χ3v) is 7.33. The Morgan fingerprint density at radius 2 is 1.12 bits per heavy atom. The van der Waals surface area contributed by atoms with Gasteiger partial charge in [0.15, 0.2) is 0 Å². The van der Waals surface area contributed by atoms with Crippen LogP contribution in [0.3, 0.4) is 0 Å². The average Bonchev–Trinajstić information content (AvgIpc) is 3.00. The molecule has 0 atom stereocenters. The maximum atomic E-state index is 12.7. The highest BCUT2D eigenvalue weighted by Gasteiger charge is 2.31. The van der Waals surface area contributed by atoms with Gasteiger partial charge in [0.25, 0.3) is 11.8 Å². The second-order valence-electron chi connectivity index (χ2n) is 14.2. The van der Waals surface area contributed by atoms with E-state index in [2.05, 4.69) is 81.2 Å². The summed E-state index contributed by atoms with van der Waals surface area (Å²) < 4.78 is 38.1. The molecule has 0 saturated heterocycles. The number of carbonyl (C=O) groups is 2. The predicted molar refractivity (Wildman–Crippen MR) is 198 cm³/mol. The molecule has 50 heavy (non-hydrogen) atoms. The van der Waals surface area contributed by atoms with Crippen LogP contribution in [0.5, 0.6) is 0 Å². The monoisotopic (exact) mass is 704 g/mol. The van der Waals surface area contributed by atoms with Gasteiger partial charge < -0.3 is 10.6 Å². The molecular formula is C40H44ClF3N4O2. The Hall–Kier alpha value is -4.76. The van der Waals surface area contributed by atoms with Gasteiger partial charge in [0, 0.05) is 29.2 Å². The second-order valence-corrected chi connectivity index (χ2v) is 14.6. The standard InChI is InChI=1S/C21H23F3N2O.C19H21ClN2O/c1-13-10-17(21(22,23)24)12-25-18(13)26-19(27)16-8-6-15(7-9-16)14(2)11-20(3,4)5;1-13(12-19(2,3)4)14-5-7-15(8-6-14)18(23)22-16-9-10-21-17(20)11-16/h6-12H,1-5H3,(H,25,26,27);5-12H,1-4H3,(H,21,22,23)/b14-11+;13-12+. The van der Waals surface area contributed by atoms with Crippen molar-refractivity contribution in [3.8, 4) is 0 Å². The number of rotatable bonds is 6. The van der Waals surface area contributed by atoms with E-state index in [1.165, 1.54) is 12.5 Å². The van der Waals surface area contributed by atoms with Crippen molar-refractivity contribution in [2.24, 2.45) is 10.8 Å². The van der Waals surface area contributed by atoms with Crippen LogP contribution in [-0.4, -0.2) is 21.8 Å². The van der Waals surface area contributed by atoms with E-state index in [1.54, 1.807) is 30.5 Å². The summed E-state index contributed by atoms with van der Waals surface area (Å²) in [6.07, 6.45) is 2.18. The number of anilines is 2. The SMILES string of the molecule is C/C(=C\C(C)(C)C)c1ccc(C(=O)Nc2ccnc(Cl)c2)cc1.C/C(=C\C(C)(C)C)c1ccc(C(=O)Nc2ncc(C(F)(F)F)cc2C)cc1.